The summed E-state index contributed by atoms with van der Waals surface area (Å²) >= 11 is 0. The van der Waals surface area contributed by atoms with Crippen molar-refractivity contribution < 1.29 is 19.4 Å². The fourth-order valence-electron chi connectivity index (χ4n) is 1.09. The van der Waals surface area contributed by atoms with Crippen LogP contribution in [0.15, 0.2) is 24.3 Å². The van der Waals surface area contributed by atoms with Crippen LogP contribution in [-0.4, -0.2) is 22.8 Å². The van der Waals surface area contributed by atoms with E-state index in [0.717, 1.165) is 6.07 Å². The molecule has 76 valence electrons. The van der Waals surface area contributed by atoms with Crippen molar-refractivity contribution in [1.29, 1.82) is 0 Å². The standard InChI is InChI=1S/C9H10FNO3/c10-7-4-2-1-3-6(7)9(11,5-12)8(13)14/h1-4,12H,5,11H2,(H,13,14). The van der Waals surface area contributed by atoms with Crippen LogP contribution in [0.1, 0.15) is 5.56 Å². The van der Waals surface area contributed by atoms with Gasteiger partial charge in [-0.3, -0.25) is 0 Å². The summed E-state index contributed by atoms with van der Waals surface area (Å²) in [6, 6.07) is 5.20. The maximum atomic E-state index is 13.2. The molecule has 1 rings (SSSR count). The topological polar surface area (TPSA) is 83.5 Å². The first-order chi connectivity index (χ1) is 6.52. The first-order valence-electron chi connectivity index (χ1n) is 3.90. The number of aliphatic hydroxyl groups is 1. The molecular weight excluding hydrogens is 189 g/mol. The molecule has 0 spiro atoms. The highest BCUT2D eigenvalue weighted by atomic mass is 19.1. The molecule has 1 unspecified atom stereocenters. The van der Waals surface area contributed by atoms with E-state index in [0.29, 0.717) is 0 Å². The minimum absolute atomic E-state index is 0.227. The molecule has 0 aliphatic heterocycles. The van der Waals surface area contributed by atoms with Crippen LogP contribution in [0.25, 0.3) is 0 Å². The second kappa shape index (κ2) is 3.73. The van der Waals surface area contributed by atoms with Crippen molar-refractivity contribution in [1.82, 2.24) is 0 Å². The summed E-state index contributed by atoms with van der Waals surface area (Å²) in [5.74, 6) is -2.21. The van der Waals surface area contributed by atoms with Gasteiger partial charge in [0.15, 0.2) is 5.54 Å². The average Bonchev–Trinajstić information content (AvgIpc) is 2.17. The number of nitrogens with two attached hydrogens (primary N) is 1. The molecule has 1 aromatic rings. The second-order valence-corrected chi connectivity index (χ2v) is 2.91. The number of carboxylic acids is 1. The van der Waals surface area contributed by atoms with Crippen LogP contribution in [0.5, 0.6) is 0 Å². The van der Waals surface area contributed by atoms with Crippen LogP contribution >= 0.6 is 0 Å². The number of hydrogen-bond donors (Lipinski definition) is 3. The maximum Gasteiger partial charge on any atom is 0.330 e. The quantitative estimate of drug-likeness (QED) is 0.642. The molecule has 1 aromatic carbocycles. The lowest BCUT2D eigenvalue weighted by atomic mass is 9.91. The lowest BCUT2D eigenvalue weighted by Crippen LogP contribution is -2.48. The van der Waals surface area contributed by atoms with Crippen molar-refractivity contribution in [3.63, 3.8) is 0 Å². The molecule has 0 amide bonds. The fourth-order valence-corrected chi connectivity index (χ4v) is 1.09. The van der Waals surface area contributed by atoms with Crippen molar-refractivity contribution in [2.24, 2.45) is 5.73 Å². The molecule has 14 heavy (non-hydrogen) atoms. The van der Waals surface area contributed by atoms with Gasteiger partial charge in [0.2, 0.25) is 0 Å². The molecule has 4 N–H and O–H groups in total. The van der Waals surface area contributed by atoms with Gasteiger partial charge in [0.1, 0.15) is 5.82 Å². The molecule has 0 aliphatic rings. The van der Waals surface area contributed by atoms with Gasteiger partial charge in [-0.1, -0.05) is 18.2 Å². The zero-order valence-electron chi connectivity index (χ0n) is 7.27. The summed E-state index contributed by atoms with van der Waals surface area (Å²) in [5, 5.41) is 17.6. The van der Waals surface area contributed by atoms with Gasteiger partial charge in [0.05, 0.1) is 6.61 Å². The third-order valence-corrected chi connectivity index (χ3v) is 1.99. The van der Waals surface area contributed by atoms with Gasteiger partial charge in [-0.25, -0.2) is 9.18 Å². The van der Waals surface area contributed by atoms with Crippen molar-refractivity contribution >= 4 is 5.97 Å². The fraction of sp³-hybridized carbons (Fsp3) is 0.222. The smallest absolute Gasteiger partial charge is 0.330 e. The summed E-state index contributed by atoms with van der Waals surface area (Å²) in [6.45, 7) is -0.858. The highest BCUT2D eigenvalue weighted by Gasteiger charge is 2.37. The highest BCUT2D eigenvalue weighted by molar-refractivity contribution is 5.80. The van der Waals surface area contributed by atoms with Gasteiger partial charge in [0, 0.05) is 5.56 Å². The number of aliphatic carboxylic acids is 1. The van der Waals surface area contributed by atoms with Gasteiger partial charge < -0.3 is 15.9 Å². The van der Waals surface area contributed by atoms with Crippen molar-refractivity contribution in [3.05, 3.63) is 35.6 Å². The number of carboxylic acid groups (broad SMARTS) is 1. The average molecular weight is 199 g/mol. The molecule has 4 nitrogen and oxygen atoms in total. The molecule has 0 aromatic heterocycles. The Morgan fingerprint density at radius 3 is 2.50 bits per heavy atom. The Balaban J connectivity index is 3.26. The molecule has 0 heterocycles. The van der Waals surface area contributed by atoms with E-state index in [1.54, 1.807) is 0 Å². The van der Waals surface area contributed by atoms with Crippen LogP contribution in [0.4, 0.5) is 4.39 Å². The molecule has 0 aliphatic carbocycles. The van der Waals surface area contributed by atoms with E-state index in [-0.39, 0.29) is 5.56 Å². The molecule has 1 atom stereocenters. The summed E-state index contributed by atoms with van der Waals surface area (Å²) < 4.78 is 13.2. The zero-order valence-corrected chi connectivity index (χ0v) is 7.27. The van der Waals surface area contributed by atoms with Gasteiger partial charge in [-0.15, -0.1) is 0 Å². The monoisotopic (exact) mass is 199 g/mol. The number of rotatable bonds is 3. The third-order valence-electron chi connectivity index (χ3n) is 1.99. The summed E-state index contributed by atoms with van der Waals surface area (Å²) in [7, 11) is 0. The van der Waals surface area contributed by atoms with Gasteiger partial charge in [-0.05, 0) is 6.07 Å². The van der Waals surface area contributed by atoms with Crippen LogP contribution in [0.2, 0.25) is 0 Å². The predicted octanol–water partition coefficient (Wildman–Crippen LogP) is 0.0566. The van der Waals surface area contributed by atoms with Gasteiger partial charge >= 0.3 is 5.97 Å². The van der Waals surface area contributed by atoms with Gasteiger partial charge in [0.25, 0.3) is 0 Å². The number of hydrogen-bond acceptors (Lipinski definition) is 3. The van der Waals surface area contributed by atoms with Crippen LogP contribution in [0.3, 0.4) is 0 Å². The lowest BCUT2D eigenvalue weighted by Gasteiger charge is -2.22. The highest BCUT2D eigenvalue weighted by Crippen LogP contribution is 2.20. The number of benzene rings is 1. The second-order valence-electron chi connectivity index (χ2n) is 2.91. The minimum atomic E-state index is -2.08. The maximum absolute atomic E-state index is 13.2. The minimum Gasteiger partial charge on any atom is -0.480 e. The Kier molecular flexibility index (Phi) is 2.83. The molecule has 5 heteroatoms. The largest absolute Gasteiger partial charge is 0.480 e. The van der Waals surface area contributed by atoms with Crippen LogP contribution in [-0.2, 0) is 10.3 Å². The molecule has 0 bridgehead atoms. The van der Waals surface area contributed by atoms with Crippen molar-refractivity contribution in [3.8, 4) is 0 Å². The Bertz CT molecular complexity index is 356. The third kappa shape index (κ3) is 1.59. The van der Waals surface area contributed by atoms with E-state index in [9.17, 15) is 9.18 Å². The van der Waals surface area contributed by atoms with Crippen LogP contribution in [0, 0.1) is 5.82 Å². The predicted molar refractivity (Wildman–Crippen MR) is 47.0 cm³/mol. The lowest BCUT2D eigenvalue weighted by molar-refractivity contribution is -0.145. The Hall–Kier alpha value is -1.46. The van der Waals surface area contributed by atoms with E-state index in [1.807, 2.05) is 0 Å². The van der Waals surface area contributed by atoms with E-state index < -0.39 is 23.9 Å². The Labute approximate surface area is 79.8 Å². The van der Waals surface area contributed by atoms with Gasteiger partial charge in [-0.2, -0.15) is 0 Å². The van der Waals surface area contributed by atoms with Crippen molar-refractivity contribution in [2.75, 3.05) is 6.61 Å². The molecule has 0 saturated carbocycles. The summed E-state index contributed by atoms with van der Waals surface area (Å²) in [4.78, 5) is 10.8. The SMILES string of the molecule is NC(CO)(C(=O)O)c1ccccc1F. The first kappa shape index (κ1) is 10.6. The number of carbonyl (C=O) groups is 1. The van der Waals surface area contributed by atoms with E-state index in [2.05, 4.69) is 0 Å². The molecule has 0 radical (unpaired) electrons. The van der Waals surface area contributed by atoms with E-state index in [4.69, 9.17) is 15.9 Å². The van der Waals surface area contributed by atoms with Crippen LogP contribution < -0.4 is 5.73 Å². The Morgan fingerprint density at radius 1 is 1.50 bits per heavy atom. The molecule has 0 saturated heterocycles. The first-order valence-corrected chi connectivity index (χ1v) is 3.90. The van der Waals surface area contributed by atoms with E-state index >= 15 is 0 Å². The van der Waals surface area contributed by atoms with E-state index in [1.165, 1.54) is 18.2 Å². The number of halogens is 1. The summed E-state index contributed by atoms with van der Waals surface area (Å²) in [5.41, 5.74) is 3.07. The Morgan fingerprint density at radius 2 is 2.07 bits per heavy atom. The zero-order chi connectivity index (χ0) is 10.8. The molecular formula is C9H10FNO3. The number of aliphatic hydroxyl groups excluding tert-OH is 1. The normalized spacial score (nSPS) is 14.8. The van der Waals surface area contributed by atoms with Crippen molar-refractivity contribution in [2.45, 2.75) is 5.54 Å². The summed E-state index contributed by atoms with van der Waals surface area (Å²) in [6.07, 6.45) is 0. The molecule has 0 fully saturated rings.